The molecule has 0 unspecified atom stereocenters. The molecule has 8 N–H and O–H groups in total. The van der Waals surface area contributed by atoms with Crippen LogP contribution in [-0.2, 0) is 45.0 Å². The summed E-state index contributed by atoms with van der Waals surface area (Å²) < 4.78 is 74.7. The van der Waals surface area contributed by atoms with Crippen molar-refractivity contribution in [2.24, 2.45) is 0 Å². The average molecular weight is 1470 g/mol. The summed E-state index contributed by atoms with van der Waals surface area (Å²) in [5.74, 6) is -6.40. The van der Waals surface area contributed by atoms with E-state index in [0.717, 1.165) is 192 Å². The first-order valence-electron chi connectivity index (χ1n) is 36.8. The zero-order chi connectivity index (χ0) is 75.8. The van der Waals surface area contributed by atoms with Crippen LogP contribution in [0.4, 0.5) is 61.5 Å². The number of nitrogens with zero attached hydrogens (tertiary/aromatic N) is 12. The van der Waals surface area contributed by atoms with E-state index < -0.39 is 35.0 Å². The molecule has 2 fully saturated rings. The van der Waals surface area contributed by atoms with E-state index in [1.54, 1.807) is 55.5 Å². The van der Waals surface area contributed by atoms with Crippen molar-refractivity contribution in [1.29, 1.82) is 10.5 Å². The number of halogens is 4. The molecule has 29 heteroatoms. The fraction of sp³-hybridized carbons (Fsp3) is 0.436. The summed E-state index contributed by atoms with van der Waals surface area (Å²) in [4.78, 5) is 76.8. The fourth-order valence-electron chi connectivity index (χ4n) is 13.1. The predicted molar refractivity (Wildman–Crippen MR) is 406 cm³/mol. The second-order valence-corrected chi connectivity index (χ2v) is 26.6. The number of benzene rings is 5. The molecule has 9 aromatic rings. The summed E-state index contributed by atoms with van der Waals surface area (Å²) in [5, 5.41) is 31.6. The molecule has 0 spiro atoms. The normalized spacial score (nSPS) is 13.4. The molecule has 2 aliphatic rings. The number of hydrogen-bond acceptors (Lipinski definition) is 19. The van der Waals surface area contributed by atoms with Crippen molar-refractivity contribution in [1.82, 2.24) is 49.5 Å². The van der Waals surface area contributed by atoms with Gasteiger partial charge in [-0.3, -0.25) is 19.4 Å². The summed E-state index contributed by atoms with van der Waals surface area (Å²) in [6, 6.07) is 29.8. The van der Waals surface area contributed by atoms with E-state index in [-0.39, 0.29) is 43.5 Å². The lowest BCUT2D eigenvalue weighted by Gasteiger charge is -2.36. The lowest BCUT2D eigenvalue weighted by Crippen LogP contribution is -2.47. The third kappa shape index (κ3) is 21.5. The number of aromatic nitrogens is 6. The summed E-state index contributed by atoms with van der Waals surface area (Å²) >= 11 is 0. The van der Waals surface area contributed by atoms with E-state index in [2.05, 4.69) is 105 Å². The fourth-order valence-corrected chi connectivity index (χ4v) is 13.1. The molecule has 25 nitrogen and oxygen atoms in total. The third-order valence-electron chi connectivity index (χ3n) is 18.9. The van der Waals surface area contributed by atoms with Crippen molar-refractivity contribution >= 4 is 102 Å². The van der Waals surface area contributed by atoms with Gasteiger partial charge in [0.15, 0.2) is 23.3 Å². The molecular formula is C78H94F4N18O7. The van der Waals surface area contributed by atoms with Crippen LogP contribution in [0.25, 0.3) is 43.9 Å². The van der Waals surface area contributed by atoms with Crippen LogP contribution in [0.1, 0.15) is 114 Å². The number of carbonyl (C=O) groups is 4. The Balaban J connectivity index is 0.000000232. The number of ether oxygens (including phenoxy) is 3. The molecule has 2 aliphatic heterocycles. The number of hydrogen-bond donors (Lipinski definition) is 6. The van der Waals surface area contributed by atoms with Crippen LogP contribution < -0.4 is 47.3 Å². The largest absolute Gasteiger partial charge is 0.420 e. The molecule has 4 aromatic heterocycles. The first-order chi connectivity index (χ1) is 51.9. The van der Waals surface area contributed by atoms with Crippen LogP contribution in [0.3, 0.4) is 0 Å². The molecule has 4 amide bonds. The standard InChI is InChI=1S/C41H45F4N9O4.C37H49N9O3/c1-2-3-9-33-51-37-38(54(33)14-5-4-13-48-41(56)49-27-8-6-7-26(22-27)25-46)29-23-28(10-11-32(29)50-40(37)47)53-17-15-52(16-18-53)19-21-57-20-12-34(55)58-39-35(44)30(42)24-31(43)36(39)45;1-3-4-11-33-43-34-35(46(33)16-7-5-6-15-40-37(48)41-29-10-8-9-28(24-29)26-38)31-25-30(12-13-32(31)42-36(34)39)45-19-17-44(18-20-45)21-23-49-22-14-27(2)47/h6-8,10-11,22-24H,2-5,9,12-21H2,1H3,(H2,47,50)(H2,48,49,56);8-10,12-13,24-25H,3-7,11,14-23H2,1-2H3,(H2,39,42)(H2,40,41,48). The number of esters is 1. The number of urea groups is 2. The van der Waals surface area contributed by atoms with Crippen molar-refractivity contribution in [3.05, 3.63) is 137 Å². The lowest BCUT2D eigenvalue weighted by atomic mass is 10.1. The zero-order valence-corrected chi connectivity index (χ0v) is 61.0. The number of nitriles is 2. The molecule has 107 heavy (non-hydrogen) atoms. The van der Waals surface area contributed by atoms with E-state index in [9.17, 15) is 36.7 Å². The van der Waals surface area contributed by atoms with Gasteiger partial charge in [0, 0.05) is 150 Å². The average Bonchev–Trinajstić information content (AvgIpc) is 1.65. The van der Waals surface area contributed by atoms with Gasteiger partial charge in [0.05, 0.1) is 78.2 Å². The Morgan fingerprint density at radius 1 is 0.523 bits per heavy atom. The number of pyridine rings is 2. The van der Waals surface area contributed by atoms with Crippen LogP contribution in [0.15, 0.2) is 91.0 Å². The Hall–Kier alpha value is -10.7. The van der Waals surface area contributed by atoms with Gasteiger partial charge < -0.3 is 65.9 Å². The van der Waals surface area contributed by atoms with E-state index in [4.69, 9.17) is 51.4 Å². The van der Waals surface area contributed by atoms with Crippen LogP contribution >= 0.6 is 0 Å². The molecule has 5 aromatic carbocycles. The number of imidazole rings is 2. The molecule has 0 radical (unpaired) electrons. The number of nitrogens with one attached hydrogen (secondary N) is 4. The number of nitrogens with two attached hydrogens (primary N) is 2. The maximum absolute atomic E-state index is 13.8. The minimum absolute atomic E-state index is 0.0381. The summed E-state index contributed by atoms with van der Waals surface area (Å²) in [5.41, 5.74) is 22.4. The molecule has 2 saturated heterocycles. The molecule has 0 aliphatic carbocycles. The first-order valence-corrected chi connectivity index (χ1v) is 36.8. The Kier molecular flexibility index (Phi) is 28.8. The van der Waals surface area contributed by atoms with Gasteiger partial charge in [-0.15, -0.1) is 0 Å². The third-order valence-corrected chi connectivity index (χ3v) is 18.9. The van der Waals surface area contributed by atoms with Crippen molar-refractivity contribution in [2.75, 3.05) is 137 Å². The predicted octanol–water partition coefficient (Wildman–Crippen LogP) is 12.2. The topological polar surface area (TPSA) is 318 Å². The number of carbonyl (C=O) groups excluding carboxylic acids is 4. The van der Waals surface area contributed by atoms with Gasteiger partial charge in [0.25, 0.3) is 0 Å². The second-order valence-electron chi connectivity index (χ2n) is 26.6. The molecule has 0 saturated carbocycles. The van der Waals surface area contributed by atoms with Gasteiger partial charge in [-0.2, -0.15) is 19.3 Å². The van der Waals surface area contributed by atoms with Crippen molar-refractivity contribution in [3.8, 4) is 17.9 Å². The van der Waals surface area contributed by atoms with Gasteiger partial charge in [0.1, 0.15) is 28.5 Å². The number of rotatable bonds is 34. The summed E-state index contributed by atoms with van der Waals surface area (Å²) in [7, 11) is 0. The first kappa shape index (κ1) is 78.9. The summed E-state index contributed by atoms with van der Waals surface area (Å²) in [6.07, 6.45) is 10.1. The maximum atomic E-state index is 13.8. The SMILES string of the molecule is CCCCc1nc2c(N)nc3ccc(N4CCN(CCOCCC(=O)Oc5c(F)c(F)cc(F)c5F)CC4)cc3c2n1CCCCNC(=O)Nc1cccc(C#N)c1.CCCCc1nc2c(N)nc3ccc(N4CCN(CCOCCC(C)=O)CC4)cc3c2n1CCCCCNC(=O)Nc1cccc(C#N)c1. The highest BCUT2D eigenvalue weighted by molar-refractivity contribution is 6.09. The van der Waals surface area contributed by atoms with Crippen LogP contribution in [0, 0.1) is 45.9 Å². The molecular weight excluding hydrogens is 1380 g/mol. The highest BCUT2D eigenvalue weighted by atomic mass is 19.2. The van der Waals surface area contributed by atoms with Crippen LogP contribution in [-0.4, -0.2) is 168 Å². The number of fused-ring (bicyclic) bond motifs is 6. The van der Waals surface area contributed by atoms with Gasteiger partial charge in [0.2, 0.25) is 17.4 Å². The number of amides is 4. The quantitative estimate of drug-likeness (QED) is 0.00717. The Labute approximate surface area is 619 Å². The Bertz CT molecular complexity index is 4630. The molecule has 0 atom stereocenters. The number of anilines is 6. The minimum Gasteiger partial charge on any atom is -0.420 e. The number of nitrogen functional groups attached to an aromatic ring is 2. The Morgan fingerprint density at radius 2 is 0.972 bits per heavy atom. The number of unbranched alkanes of at least 4 members (excludes halogenated alkanes) is 5. The number of Topliss-reactive ketones (excluding diaryl/α,β-unsaturated/α-hetero) is 1. The maximum Gasteiger partial charge on any atom is 0.319 e. The van der Waals surface area contributed by atoms with Gasteiger partial charge >= 0.3 is 18.0 Å². The van der Waals surface area contributed by atoms with E-state index in [1.165, 1.54) is 5.69 Å². The van der Waals surface area contributed by atoms with E-state index >= 15 is 0 Å². The number of aryl methyl sites for hydroxylation is 4. The van der Waals surface area contributed by atoms with Gasteiger partial charge in [-0.05, 0) is 125 Å². The number of ketones is 1. The monoisotopic (exact) mass is 1470 g/mol. The highest BCUT2D eigenvalue weighted by Gasteiger charge is 2.26. The Morgan fingerprint density at radius 3 is 1.42 bits per heavy atom. The van der Waals surface area contributed by atoms with E-state index in [0.29, 0.717) is 85.5 Å². The lowest BCUT2D eigenvalue weighted by molar-refractivity contribution is -0.136. The highest BCUT2D eigenvalue weighted by Crippen LogP contribution is 2.36. The molecule has 11 rings (SSSR count). The smallest absolute Gasteiger partial charge is 0.319 e. The zero-order valence-electron chi connectivity index (χ0n) is 61.0. The van der Waals surface area contributed by atoms with Gasteiger partial charge in [-0.25, -0.2) is 38.3 Å². The van der Waals surface area contributed by atoms with Crippen molar-refractivity contribution < 1.29 is 51.0 Å². The van der Waals surface area contributed by atoms with Crippen molar-refractivity contribution in [2.45, 2.75) is 117 Å². The molecule has 6 heterocycles. The minimum atomic E-state index is -1.78. The summed E-state index contributed by atoms with van der Waals surface area (Å²) in [6.45, 7) is 17.9. The molecule has 566 valence electrons. The van der Waals surface area contributed by atoms with Crippen molar-refractivity contribution in [3.63, 3.8) is 0 Å². The van der Waals surface area contributed by atoms with Crippen LogP contribution in [0.2, 0.25) is 0 Å². The second kappa shape index (κ2) is 39.0. The van der Waals surface area contributed by atoms with E-state index in [1.807, 2.05) is 12.1 Å². The molecule has 0 bridgehead atoms. The number of piperazine rings is 2. The van der Waals surface area contributed by atoms with Crippen LogP contribution in [0.5, 0.6) is 5.75 Å². The van der Waals surface area contributed by atoms with Gasteiger partial charge in [-0.1, -0.05) is 38.8 Å².